The summed E-state index contributed by atoms with van der Waals surface area (Å²) >= 11 is 0. The van der Waals surface area contributed by atoms with Crippen molar-refractivity contribution in [3.05, 3.63) is 48.0 Å². The van der Waals surface area contributed by atoms with Crippen LogP contribution in [-0.2, 0) is 0 Å². The second-order valence-electron chi connectivity index (χ2n) is 7.22. The van der Waals surface area contributed by atoms with E-state index in [1.54, 1.807) is 12.4 Å². The maximum Gasteiger partial charge on any atom is 0.173 e. The van der Waals surface area contributed by atoms with E-state index in [9.17, 15) is 0 Å². The van der Waals surface area contributed by atoms with Gasteiger partial charge in [-0.25, -0.2) is 4.39 Å². The number of aromatic nitrogens is 1. The molecule has 1 aromatic heterocycles. The molecule has 2 heterocycles. The number of benzene rings is 1. The fourth-order valence-electron chi connectivity index (χ4n) is 3.75. The van der Waals surface area contributed by atoms with E-state index in [4.69, 9.17) is 4.74 Å². The normalized spacial score (nSPS) is 18.8. The SMILES string of the molecule is Fc1c(-c2cccnc2)ccc(C2CCC2)c1OCC1CCNCC1. The van der Waals surface area contributed by atoms with Crippen molar-refractivity contribution in [1.29, 1.82) is 0 Å². The number of hydrogen-bond acceptors (Lipinski definition) is 3. The highest BCUT2D eigenvalue weighted by molar-refractivity contribution is 5.66. The minimum absolute atomic E-state index is 0.230. The van der Waals surface area contributed by atoms with E-state index in [2.05, 4.69) is 16.4 Å². The van der Waals surface area contributed by atoms with Gasteiger partial charge in [0.25, 0.3) is 0 Å². The van der Waals surface area contributed by atoms with E-state index < -0.39 is 0 Å². The first-order chi connectivity index (χ1) is 12.3. The highest BCUT2D eigenvalue weighted by Gasteiger charge is 2.27. The van der Waals surface area contributed by atoms with Gasteiger partial charge in [-0.15, -0.1) is 0 Å². The maximum atomic E-state index is 15.3. The molecule has 1 saturated heterocycles. The monoisotopic (exact) mass is 340 g/mol. The predicted molar refractivity (Wildman–Crippen MR) is 97.3 cm³/mol. The first-order valence-electron chi connectivity index (χ1n) is 9.39. The molecule has 0 atom stereocenters. The highest BCUT2D eigenvalue weighted by Crippen LogP contribution is 2.44. The Labute approximate surface area is 148 Å². The second kappa shape index (κ2) is 7.52. The molecule has 0 unspecified atom stereocenters. The Bertz CT molecular complexity index is 709. The number of ether oxygens (including phenoxy) is 1. The molecule has 132 valence electrons. The summed E-state index contributed by atoms with van der Waals surface area (Å²) in [7, 11) is 0. The van der Waals surface area contributed by atoms with Crippen LogP contribution in [0.15, 0.2) is 36.7 Å². The van der Waals surface area contributed by atoms with Crippen molar-refractivity contribution < 1.29 is 9.13 Å². The maximum absolute atomic E-state index is 15.3. The molecule has 25 heavy (non-hydrogen) atoms. The molecule has 1 saturated carbocycles. The molecule has 1 aromatic carbocycles. The fourth-order valence-corrected chi connectivity index (χ4v) is 3.75. The molecular weight excluding hydrogens is 315 g/mol. The summed E-state index contributed by atoms with van der Waals surface area (Å²) in [5.74, 6) is 1.20. The van der Waals surface area contributed by atoms with Crippen LogP contribution in [0.5, 0.6) is 5.75 Å². The number of nitrogens with zero attached hydrogens (tertiary/aromatic N) is 1. The summed E-state index contributed by atoms with van der Waals surface area (Å²) in [6.07, 6.45) is 9.11. The number of hydrogen-bond donors (Lipinski definition) is 1. The molecule has 1 aliphatic heterocycles. The summed E-state index contributed by atoms with van der Waals surface area (Å²) < 4.78 is 21.4. The van der Waals surface area contributed by atoms with Gasteiger partial charge in [0, 0.05) is 29.1 Å². The van der Waals surface area contributed by atoms with Crippen LogP contribution in [0, 0.1) is 11.7 Å². The van der Waals surface area contributed by atoms with E-state index in [-0.39, 0.29) is 5.82 Å². The van der Waals surface area contributed by atoms with Gasteiger partial charge >= 0.3 is 0 Å². The Kier molecular flexibility index (Phi) is 4.97. The van der Waals surface area contributed by atoms with Gasteiger partial charge in [-0.2, -0.15) is 0 Å². The van der Waals surface area contributed by atoms with E-state index in [0.717, 1.165) is 49.9 Å². The zero-order valence-electron chi connectivity index (χ0n) is 14.5. The van der Waals surface area contributed by atoms with Crippen LogP contribution in [0.1, 0.15) is 43.6 Å². The molecule has 1 N–H and O–H groups in total. The molecule has 3 nitrogen and oxygen atoms in total. The van der Waals surface area contributed by atoms with Crippen LogP contribution >= 0.6 is 0 Å². The number of rotatable bonds is 5. The third kappa shape index (κ3) is 3.54. The smallest absolute Gasteiger partial charge is 0.173 e. The van der Waals surface area contributed by atoms with Gasteiger partial charge in [-0.05, 0) is 56.7 Å². The Morgan fingerprint density at radius 2 is 1.96 bits per heavy atom. The minimum Gasteiger partial charge on any atom is -0.490 e. The van der Waals surface area contributed by atoms with E-state index in [1.807, 2.05) is 18.2 Å². The van der Waals surface area contributed by atoms with Crippen LogP contribution in [0.25, 0.3) is 11.1 Å². The third-order valence-electron chi connectivity index (χ3n) is 5.57. The number of halogens is 1. The largest absolute Gasteiger partial charge is 0.490 e. The zero-order chi connectivity index (χ0) is 17.1. The average Bonchev–Trinajstić information content (AvgIpc) is 2.61. The van der Waals surface area contributed by atoms with E-state index in [1.165, 1.54) is 6.42 Å². The van der Waals surface area contributed by atoms with Gasteiger partial charge < -0.3 is 10.1 Å². The van der Waals surface area contributed by atoms with Crippen molar-refractivity contribution in [2.24, 2.45) is 5.92 Å². The molecule has 1 aliphatic carbocycles. The lowest BCUT2D eigenvalue weighted by Gasteiger charge is -2.29. The van der Waals surface area contributed by atoms with Crippen molar-refractivity contribution in [3.8, 4) is 16.9 Å². The van der Waals surface area contributed by atoms with Gasteiger partial charge in [0.05, 0.1) is 6.61 Å². The molecule has 2 aromatic rings. The lowest BCUT2D eigenvalue weighted by atomic mass is 9.79. The first kappa shape index (κ1) is 16.5. The summed E-state index contributed by atoms with van der Waals surface area (Å²) in [5, 5.41) is 3.37. The van der Waals surface area contributed by atoms with E-state index in [0.29, 0.717) is 29.8 Å². The Balaban J connectivity index is 1.63. The van der Waals surface area contributed by atoms with Crippen LogP contribution in [0.3, 0.4) is 0 Å². The van der Waals surface area contributed by atoms with Crippen LogP contribution in [0.4, 0.5) is 4.39 Å². The Hall–Kier alpha value is -1.94. The lowest BCUT2D eigenvalue weighted by Crippen LogP contribution is -2.30. The quantitative estimate of drug-likeness (QED) is 0.868. The second-order valence-corrected chi connectivity index (χ2v) is 7.22. The predicted octanol–water partition coefficient (Wildman–Crippen LogP) is 4.53. The summed E-state index contributed by atoms with van der Waals surface area (Å²) in [6, 6.07) is 7.68. The lowest BCUT2D eigenvalue weighted by molar-refractivity contribution is 0.204. The molecule has 2 fully saturated rings. The summed E-state index contributed by atoms with van der Waals surface area (Å²) in [4.78, 5) is 4.12. The van der Waals surface area contributed by atoms with Crippen molar-refractivity contribution in [2.75, 3.05) is 19.7 Å². The van der Waals surface area contributed by atoms with E-state index >= 15 is 4.39 Å². The molecule has 4 rings (SSSR count). The zero-order valence-corrected chi connectivity index (χ0v) is 14.5. The van der Waals surface area contributed by atoms with Crippen LogP contribution in [0.2, 0.25) is 0 Å². The number of pyridine rings is 1. The molecule has 2 aliphatic rings. The van der Waals surface area contributed by atoms with Gasteiger partial charge in [-0.1, -0.05) is 24.6 Å². The van der Waals surface area contributed by atoms with Crippen molar-refractivity contribution >= 4 is 0 Å². The summed E-state index contributed by atoms with van der Waals surface area (Å²) in [6.45, 7) is 2.66. The fraction of sp³-hybridized carbons (Fsp3) is 0.476. The molecule has 0 spiro atoms. The van der Waals surface area contributed by atoms with Crippen molar-refractivity contribution in [2.45, 2.75) is 38.0 Å². The van der Waals surface area contributed by atoms with Crippen LogP contribution in [-0.4, -0.2) is 24.7 Å². The third-order valence-corrected chi connectivity index (χ3v) is 5.57. The molecule has 0 radical (unpaired) electrons. The highest BCUT2D eigenvalue weighted by atomic mass is 19.1. The average molecular weight is 340 g/mol. The Morgan fingerprint density at radius 1 is 1.12 bits per heavy atom. The number of nitrogens with one attached hydrogen (secondary N) is 1. The molecule has 0 bridgehead atoms. The van der Waals surface area contributed by atoms with Crippen molar-refractivity contribution in [1.82, 2.24) is 10.3 Å². The molecular formula is C21H25FN2O. The van der Waals surface area contributed by atoms with Gasteiger partial charge in [-0.3, -0.25) is 4.98 Å². The van der Waals surface area contributed by atoms with Gasteiger partial charge in [0.2, 0.25) is 0 Å². The first-order valence-corrected chi connectivity index (χ1v) is 9.39. The standard InChI is InChI=1S/C21H25FN2O/c22-20-18(17-5-2-10-24-13-17)6-7-19(16-3-1-4-16)21(20)25-14-15-8-11-23-12-9-15/h2,5-7,10,13,15-16,23H,1,3-4,8-9,11-12,14H2. The van der Waals surface area contributed by atoms with Crippen LogP contribution < -0.4 is 10.1 Å². The summed E-state index contributed by atoms with van der Waals surface area (Å²) in [5.41, 5.74) is 2.42. The van der Waals surface area contributed by atoms with Gasteiger partial charge in [0.1, 0.15) is 0 Å². The van der Waals surface area contributed by atoms with Gasteiger partial charge in [0.15, 0.2) is 11.6 Å². The molecule has 4 heteroatoms. The minimum atomic E-state index is -0.230. The molecule has 0 amide bonds. The Morgan fingerprint density at radius 3 is 2.64 bits per heavy atom. The van der Waals surface area contributed by atoms with Crippen molar-refractivity contribution in [3.63, 3.8) is 0 Å². The number of piperidine rings is 1. The topological polar surface area (TPSA) is 34.1 Å².